The average molecular weight is 317 g/mol. The van der Waals surface area contributed by atoms with E-state index in [9.17, 15) is 5.11 Å². The molecule has 21 heavy (non-hydrogen) atoms. The SMILES string of the molecule is CC(C)Cc1nc([C@H]2C[C@@H](N)[C@H](O)C2)n(C(C)(C)C)n1.Cl. The first kappa shape index (κ1) is 18.4. The number of aliphatic hydroxyl groups is 1. The highest BCUT2D eigenvalue weighted by Gasteiger charge is 2.36. The topological polar surface area (TPSA) is 77.0 Å². The Bertz CT molecular complexity index is 457. The van der Waals surface area contributed by atoms with Gasteiger partial charge >= 0.3 is 0 Å². The molecule has 122 valence electrons. The Morgan fingerprint density at radius 3 is 2.38 bits per heavy atom. The average Bonchev–Trinajstić information content (AvgIpc) is 2.82. The van der Waals surface area contributed by atoms with Crippen molar-refractivity contribution in [3.63, 3.8) is 0 Å². The van der Waals surface area contributed by atoms with Crippen molar-refractivity contribution in [1.29, 1.82) is 0 Å². The summed E-state index contributed by atoms with van der Waals surface area (Å²) < 4.78 is 2.03. The molecule has 1 heterocycles. The third-order valence-corrected chi connectivity index (χ3v) is 3.84. The molecular formula is C15H29ClN4O. The lowest BCUT2D eigenvalue weighted by atomic mass is 10.0. The van der Waals surface area contributed by atoms with Gasteiger partial charge in [0, 0.05) is 18.4 Å². The molecular weight excluding hydrogens is 288 g/mol. The molecule has 0 aliphatic heterocycles. The monoisotopic (exact) mass is 316 g/mol. The van der Waals surface area contributed by atoms with Gasteiger partial charge < -0.3 is 10.8 Å². The molecule has 3 atom stereocenters. The van der Waals surface area contributed by atoms with Crippen LogP contribution >= 0.6 is 12.4 Å². The third kappa shape index (κ3) is 4.18. The van der Waals surface area contributed by atoms with Crippen molar-refractivity contribution in [3.8, 4) is 0 Å². The quantitative estimate of drug-likeness (QED) is 0.896. The van der Waals surface area contributed by atoms with Crippen molar-refractivity contribution in [2.45, 2.75) is 77.5 Å². The Morgan fingerprint density at radius 1 is 1.33 bits per heavy atom. The molecule has 0 spiro atoms. The molecule has 5 nitrogen and oxygen atoms in total. The Morgan fingerprint density at radius 2 is 1.95 bits per heavy atom. The highest BCUT2D eigenvalue weighted by Crippen LogP contribution is 2.34. The first-order valence-electron chi connectivity index (χ1n) is 7.58. The Kier molecular flexibility index (Phi) is 5.81. The van der Waals surface area contributed by atoms with Crippen molar-refractivity contribution in [1.82, 2.24) is 14.8 Å². The number of nitrogens with two attached hydrogens (primary N) is 1. The van der Waals surface area contributed by atoms with Crippen LogP contribution in [0.15, 0.2) is 0 Å². The summed E-state index contributed by atoms with van der Waals surface area (Å²) in [4.78, 5) is 4.75. The van der Waals surface area contributed by atoms with E-state index in [1.807, 2.05) is 4.68 Å². The van der Waals surface area contributed by atoms with Gasteiger partial charge in [-0.1, -0.05) is 13.8 Å². The molecule has 6 heteroatoms. The Labute approximate surface area is 133 Å². The van der Waals surface area contributed by atoms with E-state index in [0.717, 1.165) is 24.5 Å². The van der Waals surface area contributed by atoms with Crippen LogP contribution in [-0.2, 0) is 12.0 Å². The van der Waals surface area contributed by atoms with Gasteiger partial charge in [0.25, 0.3) is 0 Å². The smallest absolute Gasteiger partial charge is 0.151 e. The summed E-state index contributed by atoms with van der Waals surface area (Å²) in [6.07, 6.45) is 1.95. The molecule has 0 bridgehead atoms. The normalized spacial score (nSPS) is 26.2. The zero-order valence-corrected chi connectivity index (χ0v) is 14.5. The zero-order chi connectivity index (χ0) is 15.1. The summed E-state index contributed by atoms with van der Waals surface area (Å²) in [7, 11) is 0. The van der Waals surface area contributed by atoms with Gasteiger partial charge in [-0.3, -0.25) is 0 Å². The van der Waals surface area contributed by atoms with Crippen LogP contribution in [0.5, 0.6) is 0 Å². The Balaban J connectivity index is 0.00000220. The van der Waals surface area contributed by atoms with Crippen LogP contribution < -0.4 is 5.73 Å². The van der Waals surface area contributed by atoms with E-state index in [2.05, 4.69) is 34.6 Å². The summed E-state index contributed by atoms with van der Waals surface area (Å²) in [5.74, 6) is 2.64. The third-order valence-electron chi connectivity index (χ3n) is 3.84. The van der Waals surface area contributed by atoms with E-state index in [4.69, 9.17) is 15.8 Å². The van der Waals surface area contributed by atoms with Crippen LogP contribution in [-0.4, -0.2) is 32.0 Å². The van der Waals surface area contributed by atoms with Gasteiger partial charge in [-0.15, -0.1) is 12.4 Å². The molecule has 0 saturated heterocycles. The summed E-state index contributed by atoms with van der Waals surface area (Å²) in [5, 5.41) is 14.6. The predicted molar refractivity (Wildman–Crippen MR) is 86.8 cm³/mol. The summed E-state index contributed by atoms with van der Waals surface area (Å²) in [6, 6.07) is -0.140. The van der Waals surface area contributed by atoms with Crippen molar-refractivity contribution in [2.75, 3.05) is 0 Å². The highest BCUT2D eigenvalue weighted by atomic mass is 35.5. The molecule has 1 aromatic heterocycles. The number of halogens is 1. The van der Waals surface area contributed by atoms with Crippen molar-refractivity contribution < 1.29 is 5.11 Å². The number of hydrogen-bond acceptors (Lipinski definition) is 4. The second-order valence-corrected chi connectivity index (χ2v) is 7.47. The van der Waals surface area contributed by atoms with Crippen LogP contribution in [0.2, 0.25) is 0 Å². The second-order valence-electron chi connectivity index (χ2n) is 7.47. The lowest BCUT2D eigenvalue weighted by molar-refractivity contribution is 0.163. The lowest BCUT2D eigenvalue weighted by Gasteiger charge is -2.23. The number of aromatic nitrogens is 3. The highest BCUT2D eigenvalue weighted by molar-refractivity contribution is 5.85. The minimum Gasteiger partial charge on any atom is -0.391 e. The molecule has 3 N–H and O–H groups in total. The summed E-state index contributed by atoms with van der Waals surface area (Å²) in [5.41, 5.74) is 5.84. The van der Waals surface area contributed by atoms with E-state index in [-0.39, 0.29) is 29.9 Å². The van der Waals surface area contributed by atoms with Gasteiger partial charge in [0.05, 0.1) is 11.6 Å². The van der Waals surface area contributed by atoms with E-state index in [0.29, 0.717) is 12.3 Å². The van der Waals surface area contributed by atoms with Gasteiger partial charge in [-0.05, 0) is 39.5 Å². The maximum absolute atomic E-state index is 9.89. The molecule has 0 amide bonds. The van der Waals surface area contributed by atoms with E-state index in [1.165, 1.54) is 0 Å². The van der Waals surface area contributed by atoms with Gasteiger partial charge in [0.15, 0.2) is 5.82 Å². The maximum Gasteiger partial charge on any atom is 0.151 e. The molecule has 1 aliphatic rings. The van der Waals surface area contributed by atoms with E-state index in [1.54, 1.807) is 0 Å². The van der Waals surface area contributed by atoms with Crippen molar-refractivity contribution in [2.24, 2.45) is 11.7 Å². The summed E-state index contributed by atoms with van der Waals surface area (Å²) in [6.45, 7) is 10.8. The van der Waals surface area contributed by atoms with Crippen molar-refractivity contribution in [3.05, 3.63) is 11.6 Å². The minimum atomic E-state index is -0.418. The minimum absolute atomic E-state index is 0. The molecule has 0 unspecified atom stereocenters. The van der Waals surface area contributed by atoms with Crippen LogP contribution in [0.3, 0.4) is 0 Å². The predicted octanol–water partition coefficient (Wildman–Crippen LogP) is 2.22. The van der Waals surface area contributed by atoms with Crippen LogP contribution in [0.1, 0.15) is 65.0 Å². The Hall–Kier alpha value is -0.650. The number of rotatable bonds is 3. The van der Waals surface area contributed by atoms with Gasteiger partial charge in [-0.25, -0.2) is 9.67 Å². The zero-order valence-electron chi connectivity index (χ0n) is 13.7. The van der Waals surface area contributed by atoms with Crippen LogP contribution in [0.25, 0.3) is 0 Å². The van der Waals surface area contributed by atoms with Gasteiger partial charge in [-0.2, -0.15) is 5.10 Å². The van der Waals surface area contributed by atoms with E-state index >= 15 is 0 Å². The van der Waals surface area contributed by atoms with Crippen LogP contribution in [0.4, 0.5) is 0 Å². The molecule has 1 aliphatic carbocycles. The van der Waals surface area contributed by atoms with Gasteiger partial charge in [0.2, 0.25) is 0 Å². The molecule has 0 aromatic carbocycles. The molecule has 0 radical (unpaired) electrons. The fourth-order valence-electron chi connectivity index (χ4n) is 2.84. The summed E-state index contributed by atoms with van der Waals surface area (Å²) >= 11 is 0. The molecule has 1 saturated carbocycles. The first-order valence-corrected chi connectivity index (χ1v) is 7.58. The van der Waals surface area contributed by atoms with E-state index < -0.39 is 6.10 Å². The van der Waals surface area contributed by atoms with Crippen LogP contribution in [0, 0.1) is 5.92 Å². The largest absolute Gasteiger partial charge is 0.391 e. The lowest BCUT2D eigenvalue weighted by Crippen LogP contribution is -2.28. The number of hydrogen-bond donors (Lipinski definition) is 2. The molecule has 2 rings (SSSR count). The van der Waals surface area contributed by atoms with Crippen molar-refractivity contribution >= 4 is 12.4 Å². The maximum atomic E-state index is 9.89. The second kappa shape index (κ2) is 6.63. The first-order chi connectivity index (χ1) is 9.18. The molecule has 1 aromatic rings. The number of aliphatic hydroxyl groups excluding tert-OH is 1. The fourth-order valence-corrected chi connectivity index (χ4v) is 2.84. The fraction of sp³-hybridized carbons (Fsp3) is 0.867. The molecule has 1 fully saturated rings. The number of nitrogens with zero attached hydrogens (tertiary/aromatic N) is 3. The van der Waals surface area contributed by atoms with Gasteiger partial charge in [0.1, 0.15) is 5.82 Å². The standard InChI is InChI=1S/C15H28N4O.ClH/c1-9(2)6-13-17-14(19(18-13)15(3,4)5)10-7-11(16)12(20)8-10;/h9-12,20H,6-8,16H2,1-5H3;1H/t10-,11+,12+;/m0./s1.